The number of aliphatic hydroxyl groups excluding tert-OH is 2. The monoisotopic (exact) mass is 309 g/mol. The third-order valence-corrected chi connectivity index (χ3v) is 0.348. The van der Waals surface area contributed by atoms with Crippen LogP contribution in [0.5, 0.6) is 0 Å². The summed E-state index contributed by atoms with van der Waals surface area (Å²) in [4.78, 5) is 27.7. The Morgan fingerprint density at radius 2 is 1.25 bits per heavy atom. The number of esters is 1. The number of hydrogen-bond acceptors (Lipinski definition) is 7. The van der Waals surface area contributed by atoms with Crippen molar-refractivity contribution in [3.05, 3.63) is 0 Å². The van der Waals surface area contributed by atoms with E-state index in [1.54, 1.807) is 13.8 Å². The SMILES string of the molecule is CC(=O)O.CC(=O)[O-].CCO.CCOC(C)=O.CO.[H+].[Na+]. The molecule has 118 valence electrons. The molecule has 0 fully saturated rings. The Labute approximate surface area is 143 Å². The molecule has 0 aromatic carbocycles. The molecular weight excluding hydrogens is 283 g/mol. The van der Waals surface area contributed by atoms with Crippen LogP contribution in [0.25, 0.3) is 0 Å². The van der Waals surface area contributed by atoms with Crippen molar-refractivity contribution in [2.24, 2.45) is 0 Å². The van der Waals surface area contributed by atoms with Gasteiger partial charge < -0.3 is 30.0 Å². The molecule has 0 aliphatic rings. The molecule has 9 heteroatoms. The van der Waals surface area contributed by atoms with Gasteiger partial charge in [-0.1, -0.05) is 0 Å². The van der Waals surface area contributed by atoms with Gasteiger partial charge in [0.1, 0.15) is 0 Å². The second-order valence-electron chi connectivity index (χ2n) is 2.25. The number of rotatable bonds is 1. The van der Waals surface area contributed by atoms with Gasteiger partial charge in [0.2, 0.25) is 0 Å². The van der Waals surface area contributed by atoms with Crippen molar-refractivity contribution in [1.82, 2.24) is 0 Å². The molecule has 0 heterocycles. The molecule has 0 rings (SSSR count). The van der Waals surface area contributed by atoms with Gasteiger partial charge in [-0.15, -0.1) is 0 Å². The third kappa shape index (κ3) is 851. The van der Waals surface area contributed by atoms with E-state index in [0.29, 0.717) is 6.61 Å². The Balaban J connectivity index is -0.0000000238. The second-order valence-corrected chi connectivity index (χ2v) is 2.25. The average molecular weight is 309 g/mol. The zero-order valence-corrected chi connectivity index (χ0v) is 15.3. The van der Waals surface area contributed by atoms with E-state index < -0.39 is 11.9 Å². The van der Waals surface area contributed by atoms with Crippen LogP contribution in [-0.2, 0) is 19.1 Å². The molecule has 0 saturated carbocycles. The maximum atomic E-state index is 9.82. The van der Waals surface area contributed by atoms with Crippen molar-refractivity contribution in [3.63, 3.8) is 0 Å². The molecule has 8 nitrogen and oxygen atoms in total. The molecule has 20 heavy (non-hydrogen) atoms. The Morgan fingerprint density at radius 3 is 1.25 bits per heavy atom. The van der Waals surface area contributed by atoms with Crippen molar-refractivity contribution >= 4 is 17.9 Å². The molecule has 0 saturated heterocycles. The first-order valence-corrected chi connectivity index (χ1v) is 5.21. The van der Waals surface area contributed by atoms with Gasteiger partial charge in [0.25, 0.3) is 5.97 Å². The van der Waals surface area contributed by atoms with Crippen molar-refractivity contribution in [2.75, 3.05) is 20.3 Å². The van der Waals surface area contributed by atoms with E-state index in [1.807, 2.05) is 0 Å². The maximum absolute atomic E-state index is 9.82. The summed E-state index contributed by atoms with van der Waals surface area (Å²) in [6.07, 6.45) is 0. The van der Waals surface area contributed by atoms with Crippen LogP contribution in [0, 0.1) is 0 Å². The summed E-state index contributed by atoms with van der Waals surface area (Å²) >= 11 is 0. The zero-order valence-electron chi connectivity index (χ0n) is 14.3. The molecule has 0 atom stereocenters. The Morgan fingerprint density at radius 1 is 1.10 bits per heavy atom. The Kier molecular flexibility index (Phi) is 78.4. The van der Waals surface area contributed by atoms with Crippen LogP contribution in [-0.4, -0.2) is 53.6 Å². The molecule has 0 aliphatic heterocycles. The number of carbonyl (C=O) groups excluding carboxylic acids is 2. The fourth-order valence-corrected chi connectivity index (χ4v) is 0.203. The topological polar surface area (TPSA) is 144 Å². The fraction of sp³-hybridized carbons (Fsp3) is 0.727. The summed E-state index contributed by atoms with van der Waals surface area (Å²) in [5.41, 5.74) is 0. The number of aliphatic carboxylic acids is 2. The molecule has 3 N–H and O–H groups in total. The smallest absolute Gasteiger partial charge is 0.550 e. The first kappa shape index (κ1) is 36.6. The quantitative estimate of drug-likeness (QED) is 0.330. The van der Waals surface area contributed by atoms with Crippen LogP contribution in [0.4, 0.5) is 0 Å². The van der Waals surface area contributed by atoms with E-state index in [9.17, 15) is 4.79 Å². The second kappa shape index (κ2) is 42.9. The van der Waals surface area contributed by atoms with Crippen LogP contribution in [0.15, 0.2) is 0 Å². The molecule has 0 unspecified atom stereocenters. The van der Waals surface area contributed by atoms with Gasteiger partial charge >= 0.3 is 37.0 Å². The van der Waals surface area contributed by atoms with Gasteiger partial charge in [-0.05, 0) is 20.8 Å². The normalized spacial score (nSPS) is 6.00. The first-order chi connectivity index (χ1) is 8.65. The van der Waals surface area contributed by atoms with Crippen LogP contribution < -0.4 is 34.7 Å². The van der Waals surface area contributed by atoms with Crippen LogP contribution in [0.2, 0.25) is 0 Å². The number of carboxylic acid groups (broad SMARTS) is 2. The van der Waals surface area contributed by atoms with E-state index in [1.165, 1.54) is 6.92 Å². The van der Waals surface area contributed by atoms with Crippen LogP contribution in [0.1, 0.15) is 36.0 Å². The predicted molar refractivity (Wildman–Crippen MR) is 68.3 cm³/mol. The van der Waals surface area contributed by atoms with Gasteiger partial charge in [-0.3, -0.25) is 9.59 Å². The van der Waals surface area contributed by atoms with E-state index in [4.69, 9.17) is 30.0 Å². The summed E-state index contributed by atoms with van der Waals surface area (Å²) in [7, 11) is 1.00. The minimum atomic E-state index is -1.08. The van der Waals surface area contributed by atoms with E-state index in [0.717, 1.165) is 21.0 Å². The van der Waals surface area contributed by atoms with Gasteiger partial charge in [0, 0.05) is 33.5 Å². The number of aliphatic hydroxyl groups is 2. The molecule has 0 radical (unpaired) electrons. The van der Waals surface area contributed by atoms with E-state index in [2.05, 4.69) is 4.74 Å². The van der Waals surface area contributed by atoms with E-state index >= 15 is 0 Å². The number of ether oxygens (including phenoxy) is 1. The van der Waals surface area contributed by atoms with Gasteiger partial charge in [-0.2, -0.15) is 0 Å². The Hall–Kier alpha value is -0.670. The molecule has 0 aliphatic carbocycles. The summed E-state index contributed by atoms with van der Waals surface area (Å²) in [6.45, 7) is 7.64. The standard InChI is InChI=1S/C4H8O2.2C2H4O2.C2H6O.CH4O.Na/c1-3-6-4(2)5;2*1-2(3)4;1-2-3;1-2;/h3H2,1-2H3;2*1H3,(H,3,4);3H,2H2,1H3;2H,1H3;/q;;;;;+1. The van der Waals surface area contributed by atoms with Gasteiger partial charge in [0.15, 0.2) is 0 Å². The predicted octanol–water partition coefficient (Wildman–Crippen LogP) is -3.86. The summed E-state index contributed by atoms with van der Waals surface area (Å²) in [5, 5.41) is 30.9. The maximum Gasteiger partial charge on any atom is 1.00 e. The minimum absolute atomic E-state index is 0. The molecule has 0 aromatic rings. The molecule has 0 spiro atoms. The fourth-order valence-electron chi connectivity index (χ4n) is 0.203. The van der Waals surface area contributed by atoms with Crippen LogP contribution >= 0.6 is 0 Å². The molecule has 0 amide bonds. The largest absolute Gasteiger partial charge is 1.00 e. The summed E-state index contributed by atoms with van der Waals surface area (Å²) in [5.74, 6) is -2.13. The zero-order chi connectivity index (χ0) is 16.9. The summed E-state index contributed by atoms with van der Waals surface area (Å²) < 4.78 is 4.40. The van der Waals surface area contributed by atoms with Crippen molar-refractivity contribution in [2.45, 2.75) is 34.6 Å². The summed E-state index contributed by atoms with van der Waals surface area (Å²) in [6, 6.07) is 0. The van der Waals surface area contributed by atoms with E-state index in [-0.39, 0.29) is 43.6 Å². The van der Waals surface area contributed by atoms with Crippen molar-refractivity contribution < 1.29 is 70.5 Å². The molecule has 0 aromatic heterocycles. The molecular formula is C11H26NaO8+. The van der Waals surface area contributed by atoms with Crippen molar-refractivity contribution in [3.8, 4) is 0 Å². The van der Waals surface area contributed by atoms with Crippen molar-refractivity contribution in [1.29, 1.82) is 0 Å². The van der Waals surface area contributed by atoms with Crippen LogP contribution in [0.3, 0.4) is 0 Å². The Bertz CT molecular complexity index is 183. The first-order valence-electron chi connectivity index (χ1n) is 5.21. The van der Waals surface area contributed by atoms with Gasteiger partial charge in [-0.25, -0.2) is 0 Å². The van der Waals surface area contributed by atoms with Gasteiger partial charge in [0.05, 0.1) is 6.61 Å². The number of carbonyl (C=O) groups is 3. The number of carboxylic acids is 2. The average Bonchev–Trinajstić information content (AvgIpc) is 2.19. The molecule has 0 bridgehead atoms. The minimum Gasteiger partial charge on any atom is -0.550 e. The third-order valence-electron chi connectivity index (χ3n) is 0.348. The number of hydrogen-bond donors (Lipinski definition) is 3.